The van der Waals surface area contributed by atoms with E-state index in [2.05, 4.69) is 21.7 Å². The van der Waals surface area contributed by atoms with Gasteiger partial charge in [-0.3, -0.25) is 9.69 Å². The molecule has 1 aromatic heterocycles. The number of nitrogens with two attached hydrogens (primary N) is 1. The summed E-state index contributed by atoms with van der Waals surface area (Å²) in [5, 5.41) is 5.12. The average Bonchev–Trinajstić information content (AvgIpc) is 2.94. The average molecular weight is 374 g/mol. The van der Waals surface area contributed by atoms with Crippen LogP contribution < -0.4 is 11.1 Å². The van der Waals surface area contributed by atoms with Crippen molar-refractivity contribution in [2.45, 2.75) is 13.0 Å². The van der Waals surface area contributed by atoms with Gasteiger partial charge in [0.25, 0.3) is 5.91 Å². The Bertz CT molecular complexity index is 648. The molecule has 1 aliphatic rings. The molecular weight excluding hydrogens is 353 g/mol. The van der Waals surface area contributed by atoms with Crippen molar-refractivity contribution in [3.8, 4) is 0 Å². The second-order valence-corrected chi connectivity index (χ2v) is 6.28. The Hall–Kier alpha value is -1.27. The van der Waals surface area contributed by atoms with E-state index in [-0.39, 0.29) is 30.7 Å². The van der Waals surface area contributed by atoms with Gasteiger partial charge in [0, 0.05) is 42.3 Å². The van der Waals surface area contributed by atoms with Crippen molar-refractivity contribution in [2.24, 2.45) is 0 Å². The molecule has 0 saturated heterocycles. The first kappa shape index (κ1) is 19.8. The first-order valence-corrected chi connectivity index (χ1v) is 8.01. The fraction of sp³-hybridized carbons (Fsp3) is 0.312. The fourth-order valence-electron chi connectivity index (χ4n) is 2.61. The molecule has 1 aromatic carbocycles. The van der Waals surface area contributed by atoms with Crippen molar-refractivity contribution in [1.82, 2.24) is 10.2 Å². The smallest absolute Gasteiger partial charge is 0.251 e. The molecular formula is C16H21Cl2N3OS. The maximum absolute atomic E-state index is 12.0. The number of rotatable bonds is 4. The third-order valence-electron chi connectivity index (χ3n) is 3.75. The highest BCUT2D eigenvalue weighted by atomic mass is 35.5. The van der Waals surface area contributed by atoms with Gasteiger partial charge in [0.15, 0.2) is 0 Å². The molecule has 1 amide bonds. The SMILES string of the molecule is Cl.Cl.Nc1cccc(C(=O)NCCN2CCc3sccc3C2)c1. The molecule has 2 aromatic rings. The Balaban J connectivity index is 0.00000132. The first-order chi connectivity index (χ1) is 10.2. The lowest BCUT2D eigenvalue weighted by Crippen LogP contribution is -2.37. The molecule has 2 heterocycles. The Labute approximate surface area is 152 Å². The summed E-state index contributed by atoms with van der Waals surface area (Å²) in [7, 11) is 0. The summed E-state index contributed by atoms with van der Waals surface area (Å²) in [4.78, 5) is 15.9. The van der Waals surface area contributed by atoms with Crippen LogP contribution in [0.5, 0.6) is 0 Å². The number of thiophene rings is 1. The molecule has 1 aliphatic heterocycles. The van der Waals surface area contributed by atoms with E-state index in [4.69, 9.17) is 5.73 Å². The minimum atomic E-state index is -0.0597. The summed E-state index contributed by atoms with van der Waals surface area (Å²) in [6.45, 7) is 3.60. The van der Waals surface area contributed by atoms with Crippen molar-refractivity contribution in [1.29, 1.82) is 0 Å². The standard InChI is InChI=1S/C16H19N3OS.2ClH/c17-14-3-1-2-12(10-14)16(20)18-6-8-19-7-4-15-13(11-19)5-9-21-15;;/h1-3,5,9-10H,4,6-8,11,17H2,(H,18,20);2*1H. The minimum absolute atomic E-state index is 0. The highest BCUT2D eigenvalue weighted by molar-refractivity contribution is 7.10. The molecule has 0 spiro atoms. The van der Waals surface area contributed by atoms with E-state index in [9.17, 15) is 4.79 Å². The summed E-state index contributed by atoms with van der Waals surface area (Å²) in [5.41, 5.74) is 8.36. The van der Waals surface area contributed by atoms with Crippen molar-refractivity contribution in [3.05, 3.63) is 51.7 Å². The van der Waals surface area contributed by atoms with Crippen molar-refractivity contribution in [3.63, 3.8) is 0 Å². The molecule has 3 rings (SSSR count). The number of amides is 1. The summed E-state index contributed by atoms with van der Waals surface area (Å²) >= 11 is 1.85. The molecule has 7 heteroatoms. The molecule has 4 nitrogen and oxygen atoms in total. The van der Waals surface area contributed by atoms with Crippen LogP contribution >= 0.6 is 36.2 Å². The first-order valence-electron chi connectivity index (χ1n) is 7.14. The summed E-state index contributed by atoms with van der Waals surface area (Å²) in [6, 6.07) is 9.27. The maximum atomic E-state index is 12.0. The van der Waals surface area contributed by atoms with Crippen molar-refractivity contribution < 1.29 is 4.79 Å². The Morgan fingerprint density at radius 1 is 1.30 bits per heavy atom. The third-order valence-corrected chi connectivity index (χ3v) is 4.77. The number of carbonyl (C=O) groups excluding carboxylic acids is 1. The molecule has 0 atom stereocenters. The number of anilines is 1. The van der Waals surface area contributed by atoms with Gasteiger partial charge in [0.2, 0.25) is 0 Å². The number of nitrogen functional groups attached to an aromatic ring is 1. The van der Waals surface area contributed by atoms with E-state index in [1.54, 1.807) is 24.3 Å². The monoisotopic (exact) mass is 373 g/mol. The molecule has 0 aliphatic carbocycles. The molecule has 0 unspecified atom stereocenters. The Morgan fingerprint density at radius 2 is 2.13 bits per heavy atom. The largest absolute Gasteiger partial charge is 0.399 e. The van der Waals surface area contributed by atoms with Gasteiger partial charge in [-0.15, -0.1) is 36.2 Å². The van der Waals surface area contributed by atoms with Gasteiger partial charge in [0.05, 0.1) is 0 Å². The predicted octanol–water partition coefficient (Wildman–Crippen LogP) is 2.96. The predicted molar refractivity (Wildman–Crippen MR) is 101 cm³/mol. The minimum Gasteiger partial charge on any atom is -0.399 e. The van der Waals surface area contributed by atoms with Crippen molar-refractivity contribution >= 4 is 47.7 Å². The Morgan fingerprint density at radius 3 is 2.91 bits per heavy atom. The van der Waals surface area contributed by atoms with E-state index in [1.807, 2.05) is 11.3 Å². The zero-order valence-electron chi connectivity index (χ0n) is 12.7. The van der Waals surface area contributed by atoms with E-state index in [1.165, 1.54) is 10.4 Å². The quantitative estimate of drug-likeness (QED) is 0.809. The molecule has 23 heavy (non-hydrogen) atoms. The number of halogens is 2. The highest BCUT2D eigenvalue weighted by Gasteiger charge is 2.16. The number of nitrogens with zero attached hydrogens (tertiary/aromatic N) is 1. The van der Waals surface area contributed by atoms with Crippen LogP contribution in [0.1, 0.15) is 20.8 Å². The van der Waals surface area contributed by atoms with Gasteiger partial charge in [-0.1, -0.05) is 6.07 Å². The lowest BCUT2D eigenvalue weighted by Gasteiger charge is -2.26. The Kier molecular flexibility index (Phi) is 7.85. The van der Waals surface area contributed by atoms with Crippen LogP contribution in [0.2, 0.25) is 0 Å². The number of benzene rings is 1. The van der Waals surface area contributed by atoms with Crippen LogP contribution in [0, 0.1) is 0 Å². The topological polar surface area (TPSA) is 58.4 Å². The van der Waals surface area contributed by atoms with Gasteiger partial charge >= 0.3 is 0 Å². The lowest BCUT2D eigenvalue weighted by molar-refractivity contribution is 0.0947. The van der Waals surface area contributed by atoms with E-state index < -0.39 is 0 Å². The number of carbonyl (C=O) groups is 1. The molecule has 126 valence electrons. The van der Waals surface area contributed by atoms with E-state index in [0.717, 1.165) is 26.1 Å². The van der Waals surface area contributed by atoms with E-state index >= 15 is 0 Å². The second-order valence-electron chi connectivity index (χ2n) is 5.28. The maximum Gasteiger partial charge on any atom is 0.251 e. The lowest BCUT2D eigenvalue weighted by atomic mass is 10.1. The van der Waals surface area contributed by atoms with Crippen LogP contribution in [0.25, 0.3) is 0 Å². The zero-order valence-corrected chi connectivity index (χ0v) is 15.1. The molecule has 0 bridgehead atoms. The number of hydrogen-bond acceptors (Lipinski definition) is 4. The van der Waals surface area contributed by atoms with Crippen molar-refractivity contribution in [2.75, 3.05) is 25.4 Å². The summed E-state index contributed by atoms with van der Waals surface area (Å²) in [6.07, 6.45) is 1.12. The van der Waals surface area contributed by atoms with Crippen LogP contribution in [0.4, 0.5) is 5.69 Å². The van der Waals surface area contributed by atoms with Crippen LogP contribution in [0.15, 0.2) is 35.7 Å². The summed E-state index contributed by atoms with van der Waals surface area (Å²) in [5.74, 6) is -0.0597. The number of hydrogen-bond donors (Lipinski definition) is 2. The third kappa shape index (κ3) is 5.11. The number of nitrogens with one attached hydrogen (secondary N) is 1. The fourth-order valence-corrected chi connectivity index (χ4v) is 3.50. The van der Waals surface area contributed by atoms with Gasteiger partial charge in [-0.25, -0.2) is 0 Å². The van der Waals surface area contributed by atoms with Crippen LogP contribution in [-0.2, 0) is 13.0 Å². The van der Waals surface area contributed by atoms with Gasteiger partial charge in [-0.2, -0.15) is 0 Å². The van der Waals surface area contributed by atoms with E-state index in [0.29, 0.717) is 17.8 Å². The summed E-state index contributed by atoms with van der Waals surface area (Å²) < 4.78 is 0. The van der Waals surface area contributed by atoms with Gasteiger partial charge in [0.1, 0.15) is 0 Å². The number of fused-ring (bicyclic) bond motifs is 1. The molecule has 3 N–H and O–H groups in total. The molecule has 0 fully saturated rings. The van der Waals surface area contributed by atoms with Crippen LogP contribution in [0.3, 0.4) is 0 Å². The zero-order chi connectivity index (χ0) is 14.7. The second kappa shape index (κ2) is 9.13. The van der Waals surface area contributed by atoms with Gasteiger partial charge < -0.3 is 11.1 Å². The van der Waals surface area contributed by atoms with Crippen LogP contribution in [-0.4, -0.2) is 30.4 Å². The molecule has 0 radical (unpaired) electrons. The van der Waals surface area contributed by atoms with Gasteiger partial charge in [-0.05, 0) is 41.6 Å². The molecule has 0 saturated carbocycles. The normalized spacial score (nSPS) is 13.4. The highest BCUT2D eigenvalue weighted by Crippen LogP contribution is 2.23.